The molecule has 38 heavy (non-hydrogen) atoms. The van der Waals surface area contributed by atoms with Gasteiger partial charge in [-0.2, -0.15) is 0 Å². The number of benzene rings is 2. The van der Waals surface area contributed by atoms with Gasteiger partial charge < -0.3 is 29.0 Å². The molecule has 5 rings (SSSR count). The number of amides is 2. The Kier molecular flexibility index (Phi) is 7.36. The fourth-order valence-corrected chi connectivity index (χ4v) is 5.67. The molecule has 204 valence electrons. The Morgan fingerprint density at radius 1 is 1.08 bits per heavy atom. The van der Waals surface area contributed by atoms with Gasteiger partial charge in [-0.3, -0.25) is 0 Å². The molecule has 7 nitrogen and oxygen atoms in total. The van der Waals surface area contributed by atoms with Crippen LogP contribution < -0.4 is 14.2 Å². The van der Waals surface area contributed by atoms with Crippen LogP contribution in [0, 0.1) is 0 Å². The summed E-state index contributed by atoms with van der Waals surface area (Å²) in [6, 6.07) is 9.53. The molecule has 9 heteroatoms. The van der Waals surface area contributed by atoms with Crippen LogP contribution in [0.4, 0.5) is 13.6 Å². The topological polar surface area (TPSA) is 67.0 Å². The molecule has 0 spiro atoms. The number of aromatic nitrogens is 1. The van der Waals surface area contributed by atoms with Gasteiger partial charge in [0.1, 0.15) is 5.75 Å². The predicted molar refractivity (Wildman–Crippen MR) is 142 cm³/mol. The van der Waals surface area contributed by atoms with Crippen molar-refractivity contribution in [3.8, 4) is 17.2 Å². The van der Waals surface area contributed by atoms with Crippen LogP contribution in [-0.2, 0) is 12.8 Å². The molecule has 1 atom stereocenters. The van der Waals surface area contributed by atoms with Crippen molar-refractivity contribution in [3.05, 3.63) is 53.2 Å². The molecule has 1 unspecified atom stereocenters. The zero-order valence-electron chi connectivity index (χ0n) is 22.2. The number of halogens is 2. The van der Waals surface area contributed by atoms with E-state index in [1.807, 2.05) is 48.4 Å². The summed E-state index contributed by atoms with van der Waals surface area (Å²) in [7, 11) is 3.27. The molecule has 0 aliphatic carbocycles. The van der Waals surface area contributed by atoms with Gasteiger partial charge in [0.2, 0.25) is 0 Å². The van der Waals surface area contributed by atoms with Crippen LogP contribution in [-0.4, -0.2) is 67.2 Å². The second-order valence-corrected chi connectivity index (χ2v) is 9.98. The molecule has 2 amide bonds. The highest BCUT2D eigenvalue weighted by atomic mass is 19.3. The lowest BCUT2D eigenvalue weighted by Gasteiger charge is -2.42. The van der Waals surface area contributed by atoms with Gasteiger partial charge in [0.25, 0.3) is 5.92 Å². The van der Waals surface area contributed by atoms with Crippen molar-refractivity contribution in [3.63, 3.8) is 0 Å². The largest absolute Gasteiger partial charge is 0.497 e. The number of ether oxygens (including phenoxy) is 3. The normalized spacial score (nSPS) is 18.8. The number of alkyl halides is 2. The number of piperidine rings is 1. The monoisotopic (exact) mass is 527 g/mol. The summed E-state index contributed by atoms with van der Waals surface area (Å²) in [4.78, 5) is 20.5. The third-order valence-electron chi connectivity index (χ3n) is 7.76. The van der Waals surface area contributed by atoms with Gasteiger partial charge in [-0.25, -0.2) is 13.6 Å². The first-order chi connectivity index (χ1) is 18.3. The average molecular weight is 528 g/mol. The number of H-pyrrole nitrogens is 1. The first kappa shape index (κ1) is 26.1. The average Bonchev–Trinajstić information content (AvgIpc) is 3.33. The number of likely N-dealkylation sites (tertiary alicyclic amines) is 1. The molecule has 2 aliphatic heterocycles. The molecule has 2 aliphatic rings. The minimum Gasteiger partial charge on any atom is -0.497 e. The minimum absolute atomic E-state index is 0.0664. The molecule has 0 bridgehead atoms. The van der Waals surface area contributed by atoms with E-state index in [0.717, 1.165) is 39.8 Å². The highest BCUT2D eigenvalue weighted by Gasteiger charge is 2.39. The SMILES string of the molecule is CCOc1cc2c(cc1OC)CCN(C(=O)N1CCC(F)(F)CC1)C2CCc1c[nH]c2ccc(OC)cc12. The van der Waals surface area contributed by atoms with Crippen molar-refractivity contribution >= 4 is 16.9 Å². The molecule has 1 fully saturated rings. The van der Waals surface area contributed by atoms with Crippen LogP contribution in [0.25, 0.3) is 10.9 Å². The van der Waals surface area contributed by atoms with E-state index in [-0.39, 0.29) is 38.0 Å². The molecule has 3 heterocycles. The number of fused-ring (bicyclic) bond motifs is 2. The number of nitrogens with zero attached hydrogens (tertiary/aromatic N) is 2. The minimum atomic E-state index is -2.70. The maximum Gasteiger partial charge on any atom is 0.320 e. The van der Waals surface area contributed by atoms with Crippen LogP contribution in [0.2, 0.25) is 0 Å². The van der Waals surface area contributed by atoms with Crippen molar-refractivity contribution in [1.82, 2.24) is 14.8 Å². The summed E-state index contributed by atoms with van der Waals surface area (Å²) in [5.74, 6) is -0.605. The smallest absolute Gasteiger partial charge is 0.320 e. The van der Waals surface area contributed by atoms with E-state index in [1.165, 1.54) is 0 Å². The van der Waals surface area contributed by atoms with E-state index in [1.54, 1.807) is 19.1 Å². The van der Waals surface area contributed by atoms with Crippen molar-refractivity contribution in [1.29, 1.82) is 0 Å². The molecule has 3 aromatic rings. The Balaban J connectivity index is 1.47. The maximum absolute atomic E-state index is 13.8. The summed E-state index contributed by atoms with van der Waals surface area (Å²) in [5.41, 5.74) is 4.30. The summed E-state index contributed by atoms with van der Waals surface area (Å²) < 4.78 is 44.5. The molecule has 1 saturated heterocycles. The van der Waals surface area contributed by atoms with Crippen molar-refractivity contribution < 1.29 is 27.8 Å². The number of hydrogen-bond acceptors (Lipinski definition) is 4. The van der Waals surface area contributed by atoms with E-state index in [9.17, 15) is 13.6 Å². The number of aromatic amines is 1. The molecule has 0 saturated carbocycles. The number of urea groups is 1. The fourth-order valence-electron chi connectivity index (χ4n) is 5.67. The predicted octanol–water partition coefficient (Wildman–Crippen LogP) is 5.97. The van der Waals surface area contributed by atoms with E-state index < -0.39 is 5.92 Å². The number of hydrogen-bond donors (Lipinski definition) is 1. The Morgan fingerprint density at radius 2 is 1.87 bits per heavy atom. The van der Waals surface area contributed by atoms with Crippen LogP contribution in [0.1, 0.15) is 48.9 Å². The van der Waals surface area contributed by atoms with Gasteiger partial charge in [-0.05, 0) is 73.2 Å². The number of carbonyl (C=O) groups excluding carboxylic acids is 1. The Hall–Kier alpha value is -3.49. The first-order valence-electron chi connectivity index (χ1n) is 13.2. The summed E-state index contributed by atoms with van der Waals surface area (Å²) in [5, 5.41) is 1.08. The highest BCUT2D eigenvalue weighted by molar-refractivity contribution is 5.84. The number of rotatable bonds is 7. The standard InChI is InChI=1S/C29H35F2N3O4/c1-4-38-27-17-23-19(15-26(27)37-3)9-12-34(28(35)33-13-10-29(30,31)11-14-33)25(23)8-5-20-18-32-24-7-6-21(36-2)16-22(20)24/h6-7,15-18,25,32H,4-5,8-14H2,1-3H3. The number of methoxy groups -OCH3 is 2. The van der Waals surface area contributed by atoms with Gasteiger partial charge in [-0.15, -0.1) is 0 Å². The second-order valence-electron chi connectivity index (χ2n) is 9.98. The summed E-state index contributed by atoms with van der Waals surface area (Å²) in [6.07, 6.45) is 3.47. The third kappa shape index (κ3) is 5.11. The molecule has 2 aromatic carbocycles. The van der Waals surface area contributed by atoms with Crippen molar-refractivity contribution in [2.24, 2.45) is 0 Å². The Labute approximate surface area is 221 Å². The van der Waals surface area contributed by atoms with Gasteiger partial charge in [-0.1, -0.05) is 0 Å². The molecular formula is C29H35F2N3O4. The second kappa shape index (κ2) is 10.7. The van der Waals surface area contributed by atoms with Crippen LogP contribution in [0.3, 0.4) is 0 Å². The van der Waals surface area contributed by atoms with E-state index >= 15 is 0 Å². The zero-order chi connectivity index (χ0) is 26.9. The Morgan fingerprint density at radius 3 is 2.58 bits per heavy atom. The fraction of sp³-hybridized carbons (Fsp3) is 0.483. The molecule has 1 aromatic heterocycles. The molecular weight excluding hydrogens is 492 g/mol. The van der Waals surface area contributed by atoms with E-state index in [0.29, 0.717) is 37.5 Å². The zero-order valence-corrected chi connectivity index (χ0v) is 22.2. The lowest BCUT2D eigenvalue weighted by atomic mass is 9.88. The molecule has 0 radical (unpaired) electrons. The lowest BCUT2D eigenvalue weighted by Crippen LogP contribution is -2.51. The number of carbonyl (C=O) groups is 1. The van der Waals surface area contributed by atoms with Crippen LogP contribution in [0.15, 0.2) is 36.5 Å². The third-order valence-corrected chi connectivity index (χ3v) is 7.76. The van der Waals surface area contributed by atoms with Gasteiger partial charge in [0, 0.05) is 49.6 Å². The summed E-state index contributed by atoms with van der Waals surface area (Å²) >= 11 is 0. The van der Waals surface area contributed by atoms with E-state index in [4.69, 9.17) is 14.2 Å². The van der Waals surface area contributed by atoms with Crippen LogP contribution in [0.5, 0.6) is 17.2 Å². The number of nitrogens with one attached hydrogen (secondary N) is 1. The van der Waals surface area contributed by atoms with Gasteiger partial charge in [0.15, 0.2) is 11.5 Å². The molecule has 1 N–H and O–H groups in total. The first-order valence-corrected chi connectivity index (χ1v) is 13.2. The van der Waals surface area contributed by atoms with Crippen LogP contribution >= 0.6 is 0 Å². The summed E-state index contributed by atoms with van der Waals surface area (Å²) in [6.45, 7) is 3.06. The Bertz CT molecular complexity index is 1300. The highest BCUT2D eigenvalue weighted by Crippen LogP contribution is 2.41. The van der Waals surface area contributed by atoms with Crippen molar-refractivity contribution in [2.45, 2.75) is 51.0 Å². The van der Waals surface area contributed by atoms with Gasteiger partial charge in [0.05, 0.1) is 26.9 Å². The lowest BCUT2D eigenvalue weighted by molar-refractivity contribution is -0.0500. The van der Waals surface area contributed by atoms with Crippen molar-refractivity contribution in [2.75, 3.05) is 40.5 Å². The number of aryl methyl sites for hydroxylation is 1. The maximum atomic E-state index is 13.8. The van der Waals surface area contributed by atoms with E-state index in [2.05, 4.69) is 4.98 Å². The van der Waals surface area contributed by atoms with Gasteiger partial charge >= 0.3 is 6.03 Å². The quantitative estimate of drug-likeness (QED) is 0.411.